The van der Waals surface area contributed by atoms with Gasteiger partial charge in [0.25, 0.3) is 0 Å². The molecular weight excluding hydrogens is 439 g/mol. The summed E-state index contributed by atoms with van der Waals surface area (Å²) >= 11 is 0. The van der Waals surface area contributed by atoms with E-state index in [0.29, 0.717) is 24.1 Å². The summed E-state index contributed by atoms with van der Waals surface area (Å²) in [6, 6.07) is 19.6. The smallest absolute Gasteiger partial charge is 0.243 e. The Hall–Kier alpha value is -3.18. The van der Waals surface area contributed by atoms with Gasteiger partial charge in [0.15, 0.2) is 0 Å². The molecule has 0 bridgehead atoms. The quantitative estimate of drug-likeness (QED) is 0.582. The van der Waals surface area contributed by atoms with Crippen LogP contribution in [0.1, 0.15) is 29.2 Å². The highest BCUT2D eigenvalue weighted by molar-refractivity contribution is 7.89. The molecule has 0 unspecified atom stereocenters. The Kier molecular flexibility index (Phi) is 5.67. The van der Waals surface area contributed by atoms with Crippen LogP contribution in [0.2, 0.25) is 0 Å². The molecule has 2 aliphatic heterocycles. The minimum atomic E-state index is -3.72. The number of sulfonamides is 1. The van der Waals surface area contributed by atoms with E-state index in [1.54, 1.807) is 52.8 Å². The maximum Gasteiger partial charge on any atom is 0.243 e. The van der Waals surface area contributed by atoms with E-state index in [1.165, 1.54) is 6.07 Å². The summed E-state index contributed by atoms with van der Waals surface area (Å²) in [5, 5.41) is 13.3. The summed E-state index contributed by atoms with van der Waals surface area (Å²) in [7, 11) is -3.72. The van der Waals surface area contributed by atoms with Crippen molar-refractivity contribution in [1.82, 2.24) is 4.31 Å². The van der Waals surface area contributed by atoms with Gasteiger partial charge in [-0.25, -0.2) is 12.8 Å². The molecule has 0 spiro atoms. The van der Waals surface area contributed by atoms with E-state index in [0.717, 1.165) is 11.3 Å². The van der Waals surface area contributed by atoms with Crippen LogP contribution in [0.4, 0.5) is 10.1 Å². The normalized spacial score (nSPS) is 21.9. The summed E-state index contributed by atoms with van der Waals surface area (Å²) < 4.78 is 42.5. The second-order valence-corrected chi connectivity index (χ2v) is 10.2. The van der Waals surface area contributed by atoms with Crippen molar-refractivity contribution in [1.29, 1.82) is 0 Å². The van der Waals surface area contributed by atoms with Crippen molar-refractivity contribution < 1.29 is 17.9 Å². The van der Waals surface area contributed by atoms with Gasteiger partial charge in [-0.05, 0) is 54.4 Å². The van der Waals surface area contributed by atoms with E-state index in [1.807, 2.05) is 18.2 Å². The third-order valence-corrected chi connectivity index (χ3v) is 8.28. The molecule has 3 aromatic carbocycles. The maximum absolute atomic E-state index is 14.0. The summed E-state index contributed by atoms with van der Waals surface area (Å²) in [6.45, 7) is 0.282. The number of hydrogen-bond acceptors (Lipinski definition) is 4. The molecule has 33 heavy (non-hydrogen) atoms. The summed E-state index contributed by atoms with van der Waals surface area (Å²) in [4.78, 5) is 0.252. The van der Waals surface area contributed by atoms with Gasteiger partial charge in [-0.3, -0.25) is 0 Å². The average Bonchev–Trinajstić information content (AvgIpc) is 3.30. The number of benzene rings is 3. The number of aliphatic hydroxyl groups excluding tert-OH is 1. The predicted molar refractivity (Wildman–Crippen MR) is 125 cm³/mol. The summed E-state index contributed by atoms with van der Waals surface area (Å²) in [5.74, 6) is 5.42. The Labute approximate surface area is 192 Å². The molecule has 0 aromatic heterocycles. The molecule has 2 N–H and O–H groups in total. The number of nitrogens with zero attached hydrogens (tertiary/aromatic N) is 1. The first-order valence-electron chi connectivity index (χ1n) is 10.8. The van der Waals surface area contributed by atoms with Crippen LogP contribution in [-0.2, 0) is 10.0 Å². The third-order valence-electron chi connectivity index (χ3n) is 6.39. The van der Waals surface area contributed by atoms with Crippen LogP contribution < -0.4 is 5.32 Å². The van der Waals surface area contributed by atoms with Crippen molar-refractivity contribution in [3.63, 3.8) is 0 Å². The molecule has 5 nitrogen and oxygen atoms in total. The molecule has 0 radical (unpaired) electrons. The molecule has 1 saturated heterocycles. The Morgan fingerprint density at radius 3 is 2.55 bits per heavy atom. The van der Waals surface area contributed by atoms with E-state index in [2.05, 4.69) is 17.2 Å². The lowest BCUT2D eigenvalue weighted by atomic mass is 9.83. The highest BCUT2D eigenvalue weighted by Crippen LogP contribution is 2.48. The van der Waals surface area contributed by atoms with Crippen molar-refractivity contribution >= 4 is 15.7 Å². The first kappa shape index (κ1) is 21.7. The van der Waals surface area contributed by atoms with Crippen LogP contribution in [0, 0.1) is 23.6 Å². The fourth-order valence-electron chi connectivity index (χ4n) is 4.80. The molecule has 2 aliphatic rings. The Balaban J connectivity index is 1.57. The van der Waals surface area contributed by atoms with Crippen LogP contribution in [-0.4, -0.2) is 37.0 Å². The average molecular weight is 463 g/mol. The topological polar surface area (TPSA) is 69.6 Å². The fraction of sp³-hybridized carbons (Fsp3) is 0.231. The van der Waals surface area contributed by atoms with E-state index < -0.39 is 16.1 Å². The Morgan fingerprint density at radius 1 is 1.03 bits per heavy atom. The summed E-state index contributed by atoms with van der Waals surface area (Å²) in [6.07, 6.45) is 0.638. The number of halogens is 1. The second kappa shape index (κ2) is 8.64. The molecule has 7 heteroatoms. The minimum absolute atomic E-state index is 0.0734. The van der Waals surface area contributed by atoms with Gasteiger partial charge in [-0.15, -0.1) is 0 Å². The monoisotopic (exact) mass is 462 g/mol. The van der Waals surface area contributed by atoms with Crippen molar-refractivity contribution in [3.8, 4) is 11.8 Å². The molecule has 0 saturated carbocycles. The Morgan fingerprint density at radius 2 is 1.79 bits per heavy atom. The number of anilines is 1. The Bertz CT molecular complexity index is 1350. The van der Waals surface area contributed by atoms with Gasteiger partial charge in [0.2, 0.25) is 10.0 Å². The van der Waals surface area contributed by atoms with Crippen LogP contribution >= 0.6 is 0 Å². The number of aliphatic hydroxyl groups is 1. The van der Waals surface area contributed by atoms with Gasteiger partial charge in [-0.1, -0.05) is 42.2 Å². The summed E-state index contributed by atoms with van der Waals surface area (Å²) in [5.41, 5.74) is 2.58. The van der Waals surface area contributed by atoms with Gasteiger partial charge in [0.1, 0.15) is 5.82 Å². The molecule has 168 valence electrons. The van der Waals surface area contributed by atoms with Crippen molar-refractivity contribution in [2.45, 2.75) is 23.4 Å². The van der Waals surface area contributed by atoms with Crippen molar-refractivity contribution in [2.24, 2.45) is 5.92 Å². The van der Waals surface area contributed by atoms with Crippen LogP contribution in [0.25, 0.3) is 0 Å². The van der Waals surface area contributed by atoms with Gasteiger partial charge in [0, 0.05) is 23.7 Å². The predicted octanol–water partition coefficient (Wildman–Crippen LogP) is 3.76. The lowest BCUT2D eigenvalue weighted by Gasteiger charge is -2.38. The fourth-order valence-corrected chi connectivity index (χ4v) is 6.48. The van der Waals surface area contributed by atoms with Gasteiger partial charge < -0.3 is 10.4 Å². The number of hydrogen-bond donors (Lipinski definition) is 2. The lowest BCUT2D eigenvalue weighted by Crippen LogP contribution is -2.42. The minimum Gasteiger partial charge on any atom is -0.394 e. The van der Waals surface area contributed by atoms with E-state index in [9.17, 15) is 17.9 Å². The van der Waals surface area contributed by atoms with Crippen LogP contribution in [0.15, 0.2) is 77.7 Å². The van der Waals surface area contributed by atoms with E-state index in [4.69, 9.17) is 0 Å². The largest absolute Gasteiger partial charge is 0.394 e. The molecule has 0 aliphatic carbocycles. The molecule has 1 fully saturated rings. The first-order chi connectivity index (χ1) is 16.0. The van der Waals surface area contributed by atoms with Gasteiger partial charge in [0.05, 0.1) is 29.1 Å². The number of fused-ring (bicyclic) bond motifs is 3. The number of nitrogens with one attached hydrogen (secondary N) is 1. The molecule has 3 atom stereocenters. The van der Waals surface area contributed by atoms with Gasteiger partial charge >= 0.3 is 0 Å². The lowest BCUT2D eigenvalue weighted by molar-refractivity contribution is 0.210. The van der Waals surface area contributed by atoms with Crippen molar-refractivity contribution in [3.05, 3.63) is 95.3 Å². The van der Waals surface area contributed by atoms with Crippen LogP contribution in [0.5, 0.6) is 0 Å². The van der Waals surface area contributed by atoms with Gasteiger partial charge in [-0.2, -0.15) is 4.31 Å². The molecule has 2 heterocycles. The standard InChI is InChI=1S/C26H23FN2O3S/c27-23-9-5-4-6-19(23)12-10-18-11-13-24-22(16-18)26-21(25(17-30)28-24)14-15-29(26)33(31,32)20-7-2-1-3-8-20/h1-9,11,13,16,21,25-26,28,30H,14-15,17H2/t21-,25+,26-/m1/s1. The van der Waals surface area contributed by atoms with Crippen molar-refractivity contribution in [2.75, 3.05) is 18.5 Å². The maximum atomic E-state index is 14.0. The van der Waals surface area contributed by atoms with E-state index in [-0.39, 0.29) is 29.3 Å². The zero-order valence-electron chi connectivity index (χ0n) is 17.8. The molecule has 0 amide bonds. The van der Waals surface area contributed by atoms with Crippen LogP contribution in [0.3, 0.4) is 0 Å². The molecule has 5 rings (SSSR count). The first-order valence-corrected chi connectivity index (χ1v) is 12.3. The molecule has 3 aromatic rings. The zero-order chi connectivity index (χ0) is 23.0. The SMILES string of the molecule is O=S(=O)(c1ccccc1)N1CC[C@@H]2[C@H](CO)Nc3ccc(C#Cc4ccccc4F)cc3[C@@H]21. The number of rotatable bonds is 3. The molecular formula is C26H23FN2O3S. The van der Waals surface area contributed by atoms with E-state index >= 15 is 0 Å². The highest BCUT2D eigenvalue weighted by atomic mass is 32.2. The highest BCUT2D eigenvalue weighted by Gasteiger charge is 2.48. The second-order valence-electron chi connectivity index (χ2n) is 8.29. The third kappa shape index (κ3) is 3.91. The zero-order valence-corrected chi connectivity index (χ0v) is 18.6.